The first-order valence-electron chi connectivity index (χ1n) is 6.97. The zero-order valence-electron chi connectivity index (χ0n) is 11.4. The molecule has 2 unspecified atom stereocenters. The van der Waals surface area contributed by atoms with E-state index >= 15 is 0 Å². The fourth-order valence-corrected chi connectivity index (χ4v) is 3.13. The lowest BCUT2D eigenvalue weighted by atomic mass is 9.95. The van der Waals surface area contributed by atoms with Crippen LogP contribution in [-0.2, 0) is 0 Å². The van der Waals surface area contributed by atoms with Gasteiger partial charge in [0.15, 0.2) is 5.75 Å². The topological polar surface area (TPSA) is 34.1 Å². The van der Waals surface area contributed by atoms with Gasteiger partial charge in [0, 0.05) is 24.9 Å². The van der Waals surface area contributed by atoms with Crippen molar-refractivity contribution in [1.82, 2.24) is 10.3 Å². The highest BCUT2D eigenvalue weighted by atomic mass is 35.5. The molecule has 0 bridgehead atoms. The maximum Gasteiger partial charge on any atom is 0.157 e. The van der Waals surface area contributed by atoms with Crippen LogP contribution in [0.1, 0.15) is 18.1 Å². The molecule has 1 fully saturated rings. The Labute approximate surface area is 134 Å². The summed E-state index contributed by atoms with van der Waals surface area (Å²) in [5.74, 6) is 0.939. The lowest BCUT2D eigenvalue weighted by Crippen LogP contribution is -2.21. The third kappa shape index (κ3) is 3.31. The van der Waals surface area contributed by atoms with Crippen LogP contribution in [0.3, 0.4) is 0 Å². The highest BCUT2D eigenvalue weighted by Gasteiger charge is 2.29. The van der Waals surface area contributed by atoms with Crippen molar-refractivity contribution < 1.29 is 4.74 Å². The summed E-state index contributed by atoms with van der Waals surface area (Å²) < 4.78 is 6.21. The Hall–Kier alpha value is -1.29. The molecule has 1 aliphatic rings. The van der Waals surface area contributed by atoms with E-state index in [9.17, 15) is 0 Å². The summed E-state index contributed by atoms with van der Waals surface area (Å²) in [5.41, 5.74) is 1.09. The number of rotatable bonds is 4. The summed E-state index contributed by atoms with van der Waals surface area (Å²) in [6.45, 7) is 1.93. The Kier molecular flexibility index (Phi) is 4.63. The minimum atomic E-state index is -0.0830. The van der Waals surface area contributed by atoms with E-state index < -0.39 is 0 Å². The van der Waals surface area contributed by atoms with E-state index in [-0.39, 0.29) is 6.10 Å². The fourth-order valence-electron chi connectivity index (χ4n) is 2.65. The van der Waals surface area contributed by atoms with Crippen molar-refractivity contribution in [2.75, 3.05) is 13.1 Å². The van der Waals surface area contributed by atoms with Crippen molar-refractivity contribution in [1.29, 1.82) is 0 Å². The van der Waals surface area contributed by atoms with Crippen molar-refractivity contribution in [3.8, 4) is 5.75 Å². The lowest BCUT2D eigenvalue weighted by Gasteiger charge is -2.25. The van der Waals surface area contributed by atoms with E-state index in [0.717, 1.165) is 25.1 Å². The predicted octanol–water partition coefficient (Wildman–Crippen LogP) is 4.12. The zero-order chi connectivity index (χ0) is 14.7. The first-order valence-corrected chi connectivity index (χ1v) is 7.72. The van der Waals surface area contributed by atoms with Crippen LogP contribution in [0.15, 0.2) is 42.7 Å². The van der Waals surface area contributed by atoms with Gasteiger partial charge >= 0.3 is 0 Å². The molecule has 1 aromatic carbocycles. The second-order valence-corrected chi connectivity index (χ2v) is 5.94. The molecule has 110 valence electrons. The predicted molar refractivity (Wildman–Crippen MR) is 85.0 cm³/mol. The van der Waals surface area contributed by atoms with Crippen molar-refractivity contribution in [2.45, 2.75) is 12.5 Å². The third-order valence-electron chi connectivity index (χ3n) is 3.72. The molecule has 0 spiro atoms. The summed E-state index contributed by atoms with van der Waals surface area (Å²) in [6, 6.07) is 9.36. The number of hydrogen-bond donors (Lipinski definition) is 1. The highest BCUT2D eigenvalue weighted by Crippen LogP contribution is 2.39. The summed E-state index contributed by atoms with van der Waals surface area (Å²) in [4.78, 5) is 4.07. The van der Waals surface area contributed by atoms with E-state index in [1.54, 1.807) is 24.5 Å². The molecule has 2 aromatic rings. The molecule has 1 aliphatic heterocycles. The van der Waals surface area contributed by atoms with E-state index in [0.29, 0.717) is 21.7 Å². The van der Waals surface area contributed by atoms with E-state index in [1.165, 1.54) is 0 Å². The highest BCUT2D eigenvalue weighted by molar-refractivity contribution is 6.37. The molecule has 5 heteroatoms. The van der Waals surface area contributed by atoms with Gasteiger partial charge in [-0.25, -0.2) is 0 Å². The van der Waals surface area contributed by atoms with Crippen LogP contribution in [0, 0.1) is 5.92 Å². The molecule has 2 atom stereocenters. The lowest BCUT2D eigenvalue weighted by molar-refractivity contribution is 0.144. The van der Waals surface area contributed by atoms with Gasteiger partial charge in [-0.15, -0.1) is 0 Å². The first kappa shape index (κ1) is 14.6. The molecular weight excluding hydrogens is 307 g/mol. The van der Waals surface area contributed by atoms with Gasteiger partial charge in [0.1, 0.15) is 6.10 Å². The van der Waals surface area contributed by atoms with Crippen molar-refractivity contribution in [2.24, 2.45) is 5.92 Å². The van der Waals surface area contributed by atoms with Gasteiger partial charge in [0.05, 0.1) is 10.0 Å². The molecule has 0 amide bonds. The number of halogens is 2. The maximum absolute atomic E-state index is 6.23. The Morgan fingerprint density at radius 3 is 2.48 bits per heavy atom. The normalized spacial score (nSPS) is 19.4. The number of ether oxygens (including phenoxy) is 1. The van der Waals surface area contributed by atoms with Crippen LogP contribution in [0.5, 0.6) is 5.75 Å². The molecule has 1 aromatic heterocycles. The molecule has 1 saturated heterocycles. The minimum absolute atomic E-state index is 0.0830. The van der Waals surface area contributed by atoms with E-state index in [2.05, 4.69) is 10.3 Å². The Bertz CT molecular complexity index is 580. The monoisotopic (exact) mass is 322 g/mol. The average Bonchev–Trinajstić information content (AvgIpc) is 3.02. The number of para-hydroxylation sites is 1. The molecular formula is C16H16Cl2N2O. The largest absolute Gasteiger partial charge is 0.482 e. The van der Waals surface area contributed by atoms with Crippen LogP contribution < -0.4 is 10.1 Å². The molecule has 1 N–H and O–H groups in total. The quantitative estimate of drug-likeness (QED) is 0.919. The smallest absolute Gasteiger partial charge is 0.157 e. The number of benzene rings is 1. The third-order valence-corrected chi connectivity index (χ3v) is 4.32. The van der Waals surface area contributed by atoms with Gasteiger partial charge in [-0.1, -0.05) is 29.3 Å². The molecule has 21 heavy (non-hydrogen) atoms. The molecule has 0 aliphatic carbocycles. The van der Waals surface area contributed by atoms with Gasteiger partial charge < -0.3 is 10.1 Å². The summed E-state index contributed by atoms with van der Waals surface area (Å²) in [7, 11) is 0. The number of nitrogens with zero attached hydrogens (tertiary/aromatic N) is 1. The molecule has 2 heterocycles. The number of pyridine rings is 1. The van der Waals surface area contributed by atoms with Crippen LogP contribution in [-0.4, -0.2) is 18.1 Å². The second-order valence-electron chi connectivity index (χ2n) is 5.12. The minimum Gasteiger partial charge on any atom is -0.482 e. The Balaban J connectivity index is 1.92. The molecule has 0 saturated carbocycles. The summed E-state index contributed by atoms with van der Waals surface area (Å²) >= 11 is 12.5. The Morgan fingerprint density at radius 1 is 1.14 bits per heavy atom. The number of hydrogen-bond acceptors (Lipinski definition) is 3. The average molecular weight is 323 g/mol. The SMILES string of the molecule is Clc1cccc(Cl)c1OC(c1ccncc1)C1CCNC1. The fraction of sp³-hybridized carbons (Fsp3) is 0.312. The summed E-state index contributed by atoms with van der Waals surface area (Å²) in [6.07, 6.45) is 4.54. The van der Waals surface area contributed by atoms with Crippen molar-refractivity contribution in [3.05, 3.63) is 58.3 Å². The van der Waals surface area contributed by atoms with E-state index in [4.69, 9.17) is 27.9 Å². The van der Waals surface area contributed by atoms with Crippen LogP contribution in [0.2, 0.25) is 10.0 Å². The molecule has 3 rings (SSSR count). The number of nitrogens with one attached hydrogen (secondary N) is 1. The van der Waals surface area contributed by atoms with Gasteiger partial charge in [-0.3, -0.25) is 4.98 Å². The second kappa shape index (κ2) is 6.65. The van der Waals surface area contributed by atoms with Gasteiger partial charge in [0.2, 0.25) is 0 Å². The van der Waals surface area contributed by atoms with Crippen molar-refractivity contribution in [3.63, 3.8) is 0 Å². The number of aromatic nitrogens is 1. The molecule has 0 radical (unpaired) electrons. The zero-order valence-corrected chi connectivity index (χ0v) is 12.9. The molecule has 3 nitrogen and oxygen atoms in total. The standard InChI is InChI=1S/C16H16Cl2N2O/c17-13-2-1-3-14(18)16(13)21-15(12-6-9-20-10-12)11-4-7-19-8-5-11/h1-5,7-8,12,15,20H,6,9-10H2. The van der Waals surface area contributed by atoms with Gasteiger partial charge in [0.25, 0.3) is 0 Å². The van der Waals surface area contributed by atoms with Gasteiger partial charge in [-0.05, 0) is 42.8 Å². The van der Waals surface area contributed by atoms with Crippen LogP contribution in [0.4, 0.5) is 0 Å². The van der Waals surface area contributed by atoms with Gasteiger partial charge in [-0.2, -0.15) is 0 Å². The first-order chi connectivity index (χ1) is 10.3. The van der Waals surface area contributed by atoms with Crippen LogP contribution in [0.25, 0.3) is 0 Å². The van der Waals surface area contributed by atoms with Crippen LogP contribution >= 0.6 is 23.2 Å². The maximum atomic E-state index is 6.23. The Morgan fingerprint density at radius 2 is 1.86 bits per heavy atom. The summed E-state index contributed by atoms with van der Waals surface area (Å²) in [5, 5.41) is 4.45. The van der Waals surface area contributed by atoms with Crippen molar-refractivity contribution >= 4 is 23.2 Å². The van der Waals surface area contributed by atoms with E-state index in [1.807, 2.05) is 18.2 Å².